The van der Waals surface area contributed by atoms with Crippen LogP contribution in [0.15, 0.2) is 72.1 Å². The van der Waals surface area contributed by atoms with Gasteiger partial charge in [0, 0.05) is 50.0 Å². The molecule has 5 rings (SSSR count). The first-order chi connectivity index (χ1) is 17.6. The number of carbonyl (C=O) groups excluding carboxylic acids is 1. The van der Waals surface area contributed by atoms with E-state index >= 15 is 0 Å². The third-order valence-electron chi connectivity index (χ3n) is 5.92. The fourth-order valence-electron chi connectivity index (χ4n) is 3.99. The van der Waals surface area contributed by atoms with Gasteiger partial charge in [0.05, 0.1) is 18.5 Å². The summed E-state index contributed by atoms with van der Waals surface area (Å²) in [5.41, 5.74) is 2.69. The molecule has 0 radical (unpaired) electrons. The van der Waals surface area contributed by atoms with Gasteiger partial charge in [-0.2, -0.15) is 0 Å². The van der Waals surface area contributed by atoms with Gasteiger partial charge in [-0.1, -0.05) is 17.0 Å². The second-order valence-electron chi connectivity index (χ2n) is 8.07. The summed E-state index contributed by atoms with van der Waals surface area (Å²) in [6, 6.07) is 15.6. The Hall–Kier alpha value is -3.99. The third kappa shape index (κ3) is 5.15. The van der Waals surface area contributed by atoms with Gasteiger partial charge in [0.2, 0.25) is 0 Å². The van der Waals surface area contributed by atoms with Crippen molar-refractivity contribution in [3.05, 3.63) is 84.2 Å². The first-order valence-electron chi connectivity index (χ1n) is 11.4. The summed E-state index contributed by atoms with van der Waals surface area (Å²) in [5.74, 6) is 0.708. The molecular weight excluding hydrogens is 481 g/mol. The summed E-state index contributed by atoms with van der Waals surface area (Å²) in [7, 11) is 1.61. The van der Waals surface area contributed by atoms with E-state index in [4.69, 9.17) is 4.74 Å². The molecule has 36 heavy (non-hydrogen) atoms. The zero-order valence-corrected chi connectivity index (χ0v) is 20.4. The van der Waals surface area contributed by atoms with Crippen molar-refractivity contribution < 1.29 is 13.9 Å². The van der Waals surface area contributed by atoms with E-state index in [1.807, 2.05) is 24.3 Å². The molecule has 1 saturated heterocycles. The smallest absolute Gasteiger partial charge is 0.276 e. The molecule has 184 valence electrons. The normalized spacial score (nSPS) is 13.6. The van der Waals surface area contributed by atoms with Crippen LogP contribution in [0.5, 0.6) is 5.75 Å². The van der Waals surface area contributed by atoms with Gasteiger partial charge < -0.3 is 14.5 Å². The zero-order chi connectivity index (χ0) is 24.9. The van der Waals surface area contributed by atoms with Crippen LogP contribution in [0.1, 0.15) is 16.2 Å². The van der Waals surface area contributed by atoms with Gasteiger partial charge in [-0.3, -0.25) is 4.79 Å². The van der Waals surface area contributed by atoms with E-state index in [0.717, 1.165) is 17.1 Å². The van der Waals surface area contributed by atoms with Gasteiger partial charge >= 0.3 is 0 Å². The predicted molar refractivity (Wildman–Crippen MR) is 134 cm³/mol. The van der Waals surface area contributed by atoms with Crippen molar-refractivity contribution in [2.24, 2.45) is 0 Å². The van der Waals surface area contributed by atoms with Crippen LogP contribution in [0, 0.1) is 5.82 Å². The lowest BCUT2D eigenvalue weighted by Gasteiger charge is -2.35. The summed E-state index contributed by atoms with van der Waals surface area (Å²) in [6.07, 6.45) is 3.36. The minimum atomic E-state index is -0.265. The van der Waals surface area contributed by atoms with Crippen LogP contribution in [0.4, 0.5) is 10.1 Å². The number of hydrogen-bond donors (Lipinski definition) is 0. The van der Waals surface area contributed by atoms with Crippen molar-refractivity contribution in [2.45, 2.75) is 10.9 Å². The highest BCUT2D eigenvalue weighted by Crippen LogP contribution is 2.25. The SMILES string of the molecule is COc1ccc(-n2nnc(C(=O)N3CCN(c4ccc(F)cc4)CC3)c2CSc2ncccn2)cc1. The number of carbonyl (C=O) groups is 1. The molecule has 0 saturated carbocycles. The second kappa shape index (κ2) is 10.7. The monoisotopic (exact) mass is 505 g/mol. The number of halogens is 1. The van der Waals surface area contributed by atoms with E-state index in [1.54, 1.807) is 47.3 Å². The van der Waals surface area contributed by atoms with Gasteiger partial charge in [0.15, 0.2) is 10.9 Å². The first kappa shape index (κ1) is 23.7. The highest BCUT2D eigenvalue weighted by Gasteiger charge is 2.28. The summed E-state index contributed by atoms with van der Waals surface area (Å²) < 4.78 is 20.2. The van der Waals surface area contributed by atoms with Crippen LogP contribution >= 0.6 is 11.8 Å². The summed E-state index contributed by atoms with van der Waals surface area (Å²) in [5, 5.41) is 9.21. The number of piperazine rings is 1. The molecule has 3 heterocycles. The average Bonchev–Trinajstić information content (AvgIpc) is 3.36. The van der Waals surface area contributed by atoms with E-state index in [0.29, 0.717) is 48.5 Å². The van der Waals surface area contributed by atoms with Crippen LogP contribution in [0.2, 0.25) is 0 Å². The summed E-state index contributed by atoms with van der Waals surface area (Å²) in [6.45, 7) is 2.35. The number of methoxy groups -OCH3 is 1. The standard InChI is InChI=1S/C25H24FN7O2S/c1-35-21-9-7-20(8-10-21)33-22(17-36-25-27-11-2-12-28-25)23(29-30-33)24(34)32-15-13-31(14-16-32)19-5-3-18(26)4-6-19/h2-12H,13-17H2,1H3. The number of rotatable bonds is 7. The first-order valence-corrected chi connectivity index (χ1v) is 12.4. The lowest BCUT2D eigenvalue weighted by Crippen LogP contribution is -2.49. The molecule has 9 nitrogen and oxygen atoms in total. The summed E-state index contributed by atoms with van der Waals surface area (Å²) >= 11 is 1.41. The Morgan fingerprint density at radius 3 is 2.31 bits per heavy atom. The molecule has 2 aromatic heterocycles. The van der Waals surface area contributed by atoms with Gasteiger partial charge in [0.25, 0.3) is 5.91 Å². The zero-order valence-electron chi connectivity index (χ0n) is 19.6. The number of benzene rings is 2. The third-order valence-corrected chi connectivity index (χ3v) is 6.81. The molecule has 0 bridgehead atoms. The molecule has 1 fully saturated rings. The number of aromatic nitrogens is 5. The van der Waals surface area contributed by atoms with E-state index in [1.165, 1.54) is 23.9 Å². The van der Waals surface area contributed by atoms with Crippen molar-refractivity contribution in [2.75, 3.05) is 38.2 Å². The molecule has 0 spiro atoms. The van der Waals surface area contributed by atoms with Gasteiger partial charge in [-0.15, -0.1) is 5.10 Å². The topological polar surface area (TPSA) is 89.3 Å². The van der Waals surface area contributed by atoms with E-state index < -0.39 is 0 Å². The fourth-order valence-corrected chi connectivity index (χ4v) is 4.79. The number of thioether (sulfide) groups is 1. The Labute approximate surface area is 211 Å². The summed E-state index contributed by atoms with van der Waals surface area (Å²) in [4.78, 5) is 26.0. The van der Waals surface area contributed by atoms with Crippen molar-refractivity contribution in [3.63, 3.8) is 0 Å². The second-order valence-corrected chi connectivity index (χ2v) is 9.01. The average molecular weight is 506 g/mol. The number of amides is 1. The molecule has 1 aliphatic heterocycles. The van der Waals surface area contributed by atoms with Crippen LogP contribution < -0.4 is 9.64 Å². The minimum absolute atomic E-state index is 0.168. The molecule has 11 heteroatoms. The van der Waals surface area contributed by atoms with Crippen LogP contribution in [-0.2, 0) is 5.75 Å². The Kier molecular flexibility index (Phi) is 7.08. The van der Waals surface area contributed by atoms with Crippen molar-refractivity contribution in [1.82, 2.24) is 29.9 Å². The Morgan fingerprint density at radius 1 is 0.972 bits per heavy atom. The maximum absolute atomic E-state index is 13.5. The van der Waals surface area contributed by atoms with E-state index in [-0.39, 0.29) is 11.7 Å². The Bertz CT molecular complexity index is 1310. The molecule has 0 N–H and O–H groups in total. The Morgan fingerprint density at radius 2 is 1.64 bits per heavy atom. The number of hydrogen-bond acceptors (Lipinski definition) is 8. The molecule has 2 aromatic carbocycles. The van der Waals surface area contributed by atoms with Crippen molar-refractivity contribution in [3.8, 4) is 11.4 Å². The number of ether oxygens (including phenoxy) is 1. The molecule has 0 atom stereocenters. The number of anilines is 1. The van der Waals surface area contributed by atoms with Crippen molar-refractivity contribution >= 4 is 23.4 Å². The van der Waals surface area contributed by atoms with Gasteiger partial charge in [-0.05, 0) is 54.6 Å². The van der Waals surface area contributed by atoms with E-state index in [9.17, 15) is 9.18 Å². The quantitative estimate of drug-likeness (QED) is 0.279. The maximum Gasteiger partial charge on any atom is 0.276 e. The number of nitrogens with zero attached hydrogens (tertiary/aromatic N) is 7. The molecular formula is C25H24FN7O2S. The maximum atomic E-state index is 13.5. The molecule has 4 aromatic rings. The highest BCUT2D eigenvalue weighted by molar-refractivity contribution is 7.98. The van der Waals surface area contributed by atoms with Crippen LogP contribution in [-0.4, -0.2) is 69.1 Å². The molecule has 0 unspecified atom stereocenters. The minimum Gasteiger partial charge on any atom is -0.497 e. The van der Waals surface area contributed by atoms with E-state index in [2.05, 4.69) is 25.2 Å². The molecule has 0 aliphatic carbocycles. The lowest BCUT2D eigenvalue weighted by molar-refractivity contribution is 0.0740. The predicted octanol–water partition coefficient (Wildman–Crippen LogP) is 3.46. The van der Waals surface area contributed by atoms with Crippen LogP contribution in [0.25, 0.3) is 5.69 Å². The van der Waals surface area contributed by atoms with Crippen molar-refractivity contribution in [1.29, 1.82) is 0 Å². The van der Waals surface area contributed by atoms with Gasteiger partial charge in [-0.25, -0.2) is 19.0 Å². The van der Waals surface area contributed by atoms with Gasteiger partial charge in [0.1, 0.15) is 11.6 Å². The molecule has 1 aliphatic rings. The Balaban J connectivity index is 1.37. The highest BCUT2D eigenvalue weighted by atomic mass is 32.2. The largest absolute Gasteiger partial charge is 0.497 e. The van der Waals surface area contributed by atoms with Crippen LogP contribution in [0.3, 0.4) is 0 Å². The fraction of sp³-hybridized carbons (Fsp3) is 0.240. The lowest BCUT2D eigenvalue weighted by atomic mass is 10.2. The molecule has 1 amide bonds.